The molecule has 0 saturated carbocycles. The van der Waals surface area contributed by atoms with E-state index >= 15 is 0 Å². The molecular weight excluding hydrogens is 382 g/mol. The van der Waals surface area contributed by atoms with Gasteiger partial charge in [0.2, 0.25) is 5.91 Å². The van der Waals surface area contributed by atoms with Crippen LogP contribution in [0.4, 0.5) is 5.69 Å². The van der Waals surface area contributed by atoms with Crippen molar-refractivity contribution in [1.29, 1.82) is 0 Å². The lowest BCUT2D eigenvalue weighted by atomic mass is 9.87. The Bertz CT molecular complexity index is 843. The van der Waals surface area contributed by atoms with Crippen LogP contribution in [-0.2, 0) is 14.3 Å². The topological polar surface area (TPSA) is 81.7 Å². The van der Waals surface area contributed by atoms with Crippen molar-refractivity contribution < 1.29 is 23.9 Å². The number of carbonyl (C=O) groups excluding carboxylic acids is 3. The standard InChI is InChI=1S/C21H22ClNO5/c1-12(2)18(13-5-7-16(22)8-6-13)19(24)23-17-10-14(20(25)27-3)9-15(11-17)21(26)28-4/h5-12,18H,1-4H3,(H,23,24)/t18-/m0/s1. The Morgan fingerprint density at radius 3 is 1.82 bits per heavy atom. The van der Waals surface area contributed by atoms with Gasteiger partial charge in [-0.15, -0.1) is 0 Å². The largest absolute Gasteiger partial charge is 0.465 e. The first-order valence-corrected chi connectivity index (χ1v) is 9.02. The highest BCUT2D eigenvalue weighted by Crippen LogP contribution is 2.28. The van der Waals surface area contributed by atoms with E-state index in [-0.39, 0.29) is 23.0 Å². The molecule has 28 heavy (non-hydrogen) atoms. The molecule has 2 aromatic rings. The van der Waals surface area contributed by atoms with E-state index in [4.69, 9.17) is 21.1 Å². The summed E-state index contributed by atoms with van der Waals surface area (Å²) >= 11 is 5.94. The molecule has 0 spiro atoms. The Kier molecular flexibility index (Phi) is 7.18. The number of rotatable bonds is 6. The van der Waals surface area contributed by atoms with Gasteiger partial charge in [0, 0.05) is 10.7 Å². The molecule has 0 aliphatic carbocycles. The van der Waals surface area contributed by atoms with Gasteiger partial charge in [-0.25, -0.2) is 9.59 Å². The fourth-order valence-electron chi connectivity index (χ4n) is 2.90. The smallest absolute Gasteiger partial charge is 0.337 e. The maximum Gasteiger partial charge on any atom is 0.337 e. The summed E-state index contributed by atoms with van der Waals surface area (Å²) in [4.78, 5) is 36.8. The molecule has 2 rings (SSSR count). The molecule has 1 N–H and O–H groups in total. The minimum atomic E-state index is -0.626. The third-order valence-corrected chi connectivity index (χ3v) is 4.47. The van der Waals surface area contributed by atoms with Crippen molar-refractivity contribution in [3.05, 3.63) is 64.2 Å². The lowest BCUT2D eigenvalue weighted by molar-refractivity contribution is -0.118. The third-order valence-electron chi connectivity index (χ3n) is 4.22. The van der Waals surface area contributed by atoms with Gasteiger partial charge in [0.15, 0.2) is 0 Å². The fourth-order valence-corrected chi connectivity index (χ4v) is 3.03. The van der Waals surface area contributed by atoms with Gasteiger partial charge in [-0.2, -0.15) is 0 Å². The van der Waals surface area contributed by atoms with Crippen LogP contribution in [0.1, 0.15) is 46.0 Å². The van der Waals surface area contributed by atoms with Crippen LogP contribution in [0.2, 0.25) is 5.02 Å². The Balaban J connectivity index is 2.38. The van der Waals surface area contributed by atoms with Crippen LogP contribution in [-0.4, -0.2) is 32.1 Å². The zero-order chi connectivity index (χ0) is 20.8. The van der Waals surface area contributed by atoms with E-state index in [2.05, 4.69) is 5.32 Å². The highest BCUT2D eigenvalue weighted by molar-refractivity contribution is 6.30. The summed E-state index contributed by atoms with van der Waals surface area (Å²) in [6.07, 6.45) is 0. The quantitative estimate of drug-likeness (QED) is 0.727. The molecule has 6 nitrogen and oxygen atoms in total. The number of benzene rings is 2. The lowest BCUT2D eigenvalue weighted by Gasteiger charge is -2.21. The lowest BCUT2D eigenvalue weighted by Crippen LogP contribution is -2.25. The minimum absolute atomic E-state index is 0.00467. The van der Waals surface area contributed by atoms with Crippen LogP contribution in [0.5, 0.6) is 0 Å². The minimum Gasteiger partial charge on any atom is -0.465 e. The molecule has 1 atom stereocenters. The maximum absolute atomic E-state index is 13.0. The first-order chi connectivity index (χ1) is 13.3. The van der Waals surface area contributed by atoms with Crippen LogP contribution < -0.4 is 5.32 Å². The number of ether oxygens (including phenoxy) is 2. The van der Waals surface area contributed by atoms with E-state index in [1.807, 2.05) is 13.8 Å². The molecular formula is C21H22ClNO5. The second kappa shape index (κ2) is 9.37. The van der Waals surface area contributed by atoms with Crippen molar-refractivity contribution >= 4 is 35.1 Å². The van der Waals surface area contributed by atoms with Gasteiger partial charge in [-0.05, 0) is 41.8 Å². The monoisotopic (exact) mass is 403 g/mol. The predicted octanol–water partition coefficient (Wildman–Crippen LogP) is 4.29. The number of amides is 1. The van der Waals surface area contributed by atoms with E-state index in [1.54, 1.807) is 24.3 Å². The van der Waals surface area contributed by atoms with Crippen molar-refractivity contribution in [3.8, 4) is 0 Å². The van der Waals surface area contributed by atoms with Crippen LogP contribution in [0, 0.1) is 5.92 Å². The molecule has 0 aromatic heterocycles. The van der Waals surface area contributed by atoms with Crippen LogP contribution in [0.3, 0.4) is 0 Å². The number of hydrogen-bond acceptors (Lipinski definition) is 5. The zero-order valence-corrected chi connectivity index (χ0v) is 16.9. The molecule has 0 unspecified atom stereocenters. The highest BCUT2D eigenvalue weighted by Gasteiger charge is 2.25. The van der Waals surface area contributed by atoms with Crippen molar-refractivity contribution in [1.82, 2.24) is 0 Å². The molecule has 0 aliphatic heterocycles. The van der Waals surface area contributed by atoms with E-state index in [9.17, 15) is 14.4 Å². The van der Waals surface area contributed by atoms with Crippen LogP contribution in [0.25, 0.3) is 0 Å². The van der Waals surface area contributed by atoms with Gasteiger partial charge in [0.1, 0.15) is 0 Å². The van der Waals surface area contributed by atoms with Gasteiger partial charge >= 0.3 is 11.9 Å². The van der Waals surface area contributed by atoms with Crippen molar-refractivity contribution in [2.75, 3.05) is 19.5 Å². The molecule has 148 valence electrons. The Labute approximate surface area is 168 Å². The Hall–Kier alpha value is -2.86. The second-order valence-corrected chi connectivity index (χ2v) is 6.98. The molecule has 0 heterocycles. The average Bonchev–Trinajstić information content (AvgIpc) is 2.67. The van der Waals surface area contributed by atoms with Gasteiger partial charge in [-0.1, -0.05) is 37.6 Å². The number of nitrogens with one attached hydrogen (secondary N) is 1. The highest BCUT2D eigenvalue weighted by atomic mass is 35.5. The summed E-state index contributed by atoms with van der Waals surface area (Å²) < 4.78 is 9.43. The van der Waals surface area contributed by atoms with Crippen molar-refractivity contribution in [2.45, 2.75) is 19.8 Å². The average molecular weight is 404 g/mol. The molecule has 2 aromatic carbocycles. The van der Waals surface area contributed by atoms with Gasteiger partial charge in [0.05, 0.1) is 31.3 Å². The molecule has 0 aliphatic rings. The van der Waals surface area contributed by atoms with E-state index in [0.29, 0.717) is 10.7 Å². The Morgan fingerprint density at radius 2 is 1.39 bits per heavy atom. The van der Waals surface area contributed by atoms with Crippen molar-refractivity contribution in [2.24, 2.45) is 5.92 Å². The van der Waals surface area contributed by atoms with Crippen molar-refractivity contribution in [3.63, 3.8) is 0 Å². The van der Waals surface area contributed by atoms with Gasteiger partial charge in [-0.3, -0.25) is 4.79 Å². The normalized spacial score (nSPS) is 11.6. The second-order valence-electron chi connectivity index (χ2n) is 6.54. The summed E-state index contributed by atoms with van der Waals surface area (Å²) in [5, 5.41) is 3.37. The third kappa shape index (κ3) is 5.10. The van der Waals surface area contributed by atoms with E-state index < -0.39 is 17.9 Å². The summed E-state index contributed by atoms with van der Waals surface area (Å²) in [6.45, 7) is 3.87. The summed E-state index contributed by atoms with van der Waals surface area (Å²) in [5.74, 6) is -1.96. The van der Waals surface area contributed by atoms with Crippen LogP contribution >= 0.6 is 11.6 Å². The molecule has 0 radical (unpaired) electrons. The number of hydrogen-bond donors (Lipinski definition) is 1. The molecule has 0 saturated heterocycles. The number of anilines is 1. The molecule has 0 fully saturated rings. The number of halogens is 1. The van der Waals surface area contributed by atoms with E-state index in [1.165, 1.54) is 32.4 Å². The van der Waals surface area contributed by atoms with Crippen LogP contribution in [0.15, 0.2) is 42.5 Å². The number of carbonyl (C=O) groups is 3. The van der Waals surface area contributed by atoms with E-state index in [0.717, 1.165) is 5.56 Å². The fraction of sp³-hybridized carbons (Fsp3) is 0.286. The first kappa shape index (κ1) is 21.4. The van der Waals surface area contributed by atoms with Gasteiger partial charge in [0.25, 0.3) is 0 Å². The molecule has 1 amide bonds. The van der Waals surface area contributed by atoms with Gasteiger partial charge < -0.3 is 14.8 Å². The summed E-state index contributed by atoms with van der Waals surface area (Å²) in [7, 11) is 2.47. The summed E-state index contributed by atoms with van der Waals surface area (Å²) in [6, 6.07) is 11.3. The molecule has 0 bridgehead atoms. The molecule has 7 heteroatoms. The zero-order valence-electron chi connectivity index (χ0n) is 16.1. The SMILES string of the molecule is COC(=O)c1cc(NC(=O)[C@H](c2ccc(Cl)cc2)C(C)C)cc(C(=O)OC)c1. The summed E-state index contributed by atoms with van der Waals surface area (Å²) in [5.41, 5.74) is 1.38. The first-order valence-electron chi connectivity index (χ1n) is 8.64. The number of methoxy groups -OCH3 is 2. The predicted molar refractivity (Wildman–Crippen MR) is 107 cm³/mol. The Morgan fingerprint density at radius 1 is 0.893 bits per heavy atom. The maximum atomic E-state index is 13.0. The number of esters is 2.